The third-order valence-electron chi connectivity index (χ3n) is 2.63. The fraction of sp³-hybridized carbons (Fsp3) is 0.250. The van der Waals surface area contributed by atoms with E-state index in [1.807, 2.05) is 18.2 Å². The van der Waals surface area contributed by atoms with E-state index in [0.29, 0.717) is 23.4 Å². The van der Waals surface area contributed by atoms with Crippen LogP contribution >= 0.6 is 11.6 Å². The van der Waals surface area contributed by atoms with Gasteiger partial charge in [-0.15, -0.1) is 0 Å². The number of carbonyl (C=O) groups excluding carboxylic acids is 1. The zero-order valence-electron chi connectivity index (χ0n) is 8.42. The summed E-state index contributed by atoms with van der Waals surface area (Å²) in [5.74, 6) is 0.827. The summed E-state index contributed by atoms with van der Waals surface area (Å²) in [6.07, 6.45) is 2.10. The van der Waals surface area contributed by atoms with Crippen LogP contribution in [0.5, 0.6) is 5.75 Å². The molecule has 0 amide bonds. The molecule has 0 fully saturated rings. The summed E-state index contributed by atoms with van der Waals surface area (Å²) in [5, 5.41) is 0.644. The molecule has 0 N–H and O–H groups in total. The van der Waals surface area contributed by atoms with Crippen molar-refractivity contribution in [1.29, 1.82) is 0 Å². The molecule has 0 spiro atoms. The van der Waals surface area contributed by atoms with E-state index < -0.39 is 0 Å². The quantitative estimate of drug-likeness (QED) is 0.719. The van der Waals surface area contributed by atoms with Crippen LogP contribution in [0.15, 0.2) is 28.8 Å². The van der Waals surface area contributed by atoms with Gasteiger partial charge in [-0.25, -0.2) is 0 Å². The molecular formula is C12H11ClO2. The molecule has 0 aromatic heterocycles. The lowest BCUT2D eigenvalue weighted by Gasteiger charge is -2.17. The second-order valence-corrected chi connectivity index (χ2v) is 3.99. The van der Waals surface area contributed by atoms with Gasteiger partial charge in [0.2, 0.25) is 0 Å². The minimum Gasteiger partial charge on any atom is -0.497 e. The summed E-state index contributed by atoms with van der Waals surface area (Å²) in [6.45, 7) is 0. The Kier molecular flexibility index (Phi) is 2.78. The molecule has 2 nitrogen and oxygen atoms in total. The predicted molar refractivity (Wildman–Crippen MR) is 59.3 cm³/mol. The fourth-order valence-electron chi connectivity index (χ4n) is 1.75. The number of methoxy groups -OCH3 is 1. The molecule has 0 bridgehead atoms. The number of halogens is 1. The van der Waals surface area contributed by atoms with Gasteiger partial charge >= 0.3 is 0 Å². The van der Waals surface area contributed by atoms with E-state index in [9.17, 15) is 4.79 Å². The molecule has 0 unspecified atom stereocenters. The van der Waals surface area contributed by atoms with Gasteiger partial charge in [0.05, 0.1) is 7.11 Å². The van der Waals surface area contributed by atoms with E-state index in [2.05, 4.69) is 0 Å². The molecule has 3 heteroatoms. The van der Waals surface area contributed by atoms with Crippen LogP contribution in [-0.4, -0.2) is 13.4 Å². The molecule has 0 heterocycles. The summed E-state index contributed by atoms with van der Waals surface area (Å²) in [4.78, 5) is 10.7. The highest BCUT2D eigenvalue weighted by atomic mass is 35.5. The highest BCUT2D eigenvalue weighted by molar-refractivity contribution is 6.31. The van der Waals surface area contributed by atoms with Crippen LogP contribution in [0.4, 0.5) is 0 Å². The second kappa shape index (κ2) is 4.07. The Balaban J connectivity index is 2.39. The van der Waals surface area contributed by atoms with Gasteiger partial charge in [0.1, 0.15) is 12.0 Å². The molecule has 15 heavy (non-hydrogen) atoms. The summed E-state index contributed by atoms with van der Waals surface area (Å²) in [5.41, 5.74) is 2.99. The first-order chi connectivity index (χ1) is 7.24. The van der Waals surface area contributed by atoms with Crippen molar-refractivity contribution < 1.29 is 9.53 Å². The van der Waals surface area contributed by atoms with Crippen LogP contribution < -0.4 is 4.74 Å². The van der Waals surface area contributed by atoms with Crippen LogP contribution in [0.2, 0.25) is 0 Å². The second-order valence-electron chi connectivity index (χ2n) is 3.54. The van der Waals surface area contributed by atoms with Gasteiger partial charge in [0, 0.05) is 23.4 Å². The minimum atomic E-state index is 0.627. The summed E-state index contributed by atoms with van der Waals surface area (Å²) >= 11 is 6.01. The van der Waals surface area contributed by atoms with Gasteiger partial charge in [-0.3, -0.25) is 4.79 Å². The lowest BCUT2D eigenvalue weighted by molar-refractivity contribution is -0.105. The Hall–Kier alpha value is -1.28. The maximum absolute atomic E-state index is 10.7. The zero-order valence-corrected chi connectivity index (χ0v) is 9.17. The number of rotatable bonds is 2. The molecular weight excluding hydrogens is 212 g/mol. The molecule has 1 aromatic rings. The van der Waals surface area contributed by atoms with Gasteiger partial charge < -0.3 is 4.74 Å². The first kappa shape index (κ1) is 10.2. The molecule has 0 saturated carbocycles. The van der Waals surface area contributed by atoms with Gasteiger partial charge in [0.25, 0.3) is 0 Å². The first-order valence-electron chi connectivity index (χ1n) is 4.73. The number of hydrogen-bond acceptors (Lipinski definition) is 2. The first-order valence-corrected chi connectivity index (χ1v) is 5.11. The minimum absolute atomic E-state index is 0.627. The van der Waals surface area contributed by atoms with Crippen LogP contribution in [0.1, 0.15) is 11.1 Å². The van der Waals surface area contributed by atoms with Crippen LogP contribution in [0.3, 0.4) is 0 Å². The van der Waals surface area contributed by atoms with Gasteiger partial charge in [0.15, 0.2) is 0 Å². The van der Waals surface area contributed by atoms with Crippen molar-refractivity contribution in [2.75, 3.05) is 7.11 Å². The fourth-order valence-corrected chi connectivity index (χ4v) is 2.01. The molecule has 0 saturated heterocycles. The van der Waals surface area contributed by atoms with Crippen molar-refractivity contribution in [2.45, 2.75) is 12.8 Å². The third-order valence-corrected chi connectivity index (χ3v) is 3.01. The Bertz CT molecular complexity index is 435. The maximum Gasteiger partial charge on any atom is 0.147 e. The summed E-state index contributed by atoms with van der Waals surface area (Å²) in [6, 6.07) is 5.86. The lowest BCUT2D eigenvalue weighted by atomic mass is 9.92. The summed E-state index contributed by atoms with van der Waals surface area (Å²) in [7, 11) is 1.64. The zero-order chi connectivity index (χ0) is 10.8. The van der Waals surface area contributed by atoms with Crippen molar-refractivity contribution in [1.82, 2.24) is 0 Å². The van der Waals surface area contributed by atoms with Crippen molar-refractivity contribution in [3.63, 3.8) is 0 Å². The van der Waals surface area contributed by atoms with Crippen molar-refractivity contribution in [3.8, 4) is 5.75 Å². The average Bonchev–Trinajstić information content (AvgIpc) is 2.27. The topological polar surface area (TPSA) is 26.3 Å². The Morgan fingerprint density at radius 1 is 1.33 bits per heavy atom. The maximum atomic E-state index is 10.7. The van der Waals surface area contributed by atoms with E-state index in [0.717, 1.165) is 23.2 Å². The number of carbonyl (C=O) groups is 1. The van der Waals surface area contributed by atoms with E-state index >= 15 is 0 Å². The number of aldehydes is 1. The largest absolute Gasteiger partial charge is 0.497 e. The molecule has 78 valence electrons. The molecule has 1 aromatic carbocycles. The third kappa shape index (κ3) is 1.90. The highest BCUT2D eigenvalue weighted by Gasteiger charge is 2.16. The number of hydrogen-bond donors (Lipinski definition) is 0. The molecule has 2 rings (SSSR count). The number of allylic oxidation sites excluding steroid dienone is 2. The Labute approximate surface area is 93.5 Å². The smallest absolute Gasteiger partial charge is 0.147 e. The van der Waals surface area contributed by atoms with Crippen molar-refractivity contribution in [2.24, 2.45) is 0 Å². The predicted octanol–water partition coefficient (Wildman–Crippen LogP) is 2.49. The van der Waals surface area contributed by atoms with Crippen molar-refractivity contribution in [3.05, 3.63) is 39.9 Å². The molecule has 0 atom stereocenters. The average molecular weight is 223 g/mol. The van der Waals surface area contributed by atoms with E-state index in [4.69, 9.17) is 16.3 Å². The van der Waals surface area contributed by atoms with Crippen molar-refractivity contribution >= 4 is 17.9 Å². The standard InChI is InChI=1S/C12H11ClO2/c1-15-11-3-2-8-4-10(7-14)12(13)6-9(8)5-11/h2-3,5,7H,4,6H2,1H3. The van der Waals surface area contributed by atoms with Crippen LogP contribution in [-0.2, 0) is 17.6 Å². The van der Waals surface area contributed by atoms with Gasteiger partial charge in [-0.2, -0.15) is 0 Å². The molecule has 1 aliphatic carbocycles. The molecule has 0 radical (unpaired) electrons. The van der Waals surface area contributed by atoms with E-state index in [1.165, 1.54) is 0 Å². The lowest BCUT2D eigenvalue weighted by Crippen LogP contribution is -2.07. The Morgan fingerprint density at radius 2 is 2.13 bits per heavy atom. The number of benzene rings is 1. The van der Waals surface area contributed by atoms with Crippen LogP contribution in [0.25, 0.3) is 0 Å². The highest BCUT2D eigenvalue weighted by Crippen LogP contribution is 2.29. The number of ether oxygens (including phenoxy) is 1. The van der Waals surface area contributed by atoms with Gasteiger partial charge in [-0.1, -0.05) is 17.7 Å². The molecule has 0 aliphatic heterocycles. The van der Waals surface area contributed by atoms with E-state index in [-0.39, 0.29) is 0 Å². The van der Waals surface area contributed by atoms with E-state index in [1.54, 1.807) is 7.11 Å². The SMILES string of the molecule is COc1ccc2c(c1)CC(Cl)=C(C=O)C2. The summed E-state index contributed by atoms with van der Waals surface area (Å²) < 4.78 is 5.14. The Morgan fingerprint density at radius 3 is 2.80 bits per heavy atom. The van der Waals surface area contributed by atoms with Crippen LogP contribution in [0, 0.1) is 0 Å². The monoisotopic (exact) mass is 222 g/mol. The molecule has 1 aliphatic rings. The van der Waals surface area contributed by atoms with Gasteiger partial charge in [-0.05, 0) is 23.3 Å². The number of fused-ring (bicyclic) bond motifs is 1. The normalized spacial score (nSPS) is 14.8.